The molecule has 0 N–H and O–H groups in total. The summed E-state index contributed by atoms with van der Waals surface area (Å²) in [6, 6.07) is 32.4. The Morgan fingerprint density at radius 2 is 1.16 bits per heavy atom. The summed E-state index contributed by atoms with van der Waals surface area (Å²) in [5, 5.41) is 0. The van der Waals surface area contributed by atoms with Gasteiger partial charge in [0.05, 0.1) is 51.2 Å². The number of nitrogens with zero attached hydrogens (tertiary/aromatic N) is 5. The van der Waals surface area contributed by atoms with Gasteiger partial charge in [0.1, 0.15) is 5.82 Å². The van der Waals surface area contributed by atoms with Crippen LogP contribution < -0.4 is 4.90 Å². The topological polar surface area (TPSA) is 46.3 Å². The van der Waals surface area contributed by atoms with Crippen molar-refractivity contribution in [3.05, 3.63) is 125 Å². The van der Waals surface area contributed by atoms with Crippen LogP contribution in [0.25, 0.3) is 50.1 Å². The minimum atomic E-state index is 0.675. The lowest BCUT2D eigenvalue weighted by Crippen LogP contribution is -2.30. The number of benzene rings is 4. The van der Waals surface area contributed by atoms with Crippen LogP contribution in [0.5, 0.6) is 0 Å². The Balaban J connectivity index is 1.36. The molecule has 0 radical (unpaired) electrons. The van der Waals surface area contributed by atoms with Crippen molar-refractivity contribution in [2.24, 2.45) is 0 Å². The Morgan fingerprint density at radius 3 is 1.84 bits per heavy atom. The number of aromatic nitrogens is 4. The normalized spacial score (nSPS) is 13.2. The molecule has 7 aromatic rings. The molecule has 8 rings (SSSR count). The highest BCUT2D eigenvalue weighted by Crippen LogP contribution is 2.39. The summed E-state index contributed by atoms with van der Waals surface area (Å²) in [5.74, 6) is 1.25. The smallest absolute Gasteiger partial charge is 0.117 e. The number of aryl methyl sites for hydroxylation is 5. The van der Waals surface area contributed by atoms with E-state index < -0.39 is 0 Å². The van der Waals surface area contributed by atoms with E-state index in [0.717, 1.165) is 75.2 Å². The highest BCUT2D eigenvalue weighted by atomic mass is 15.2. The van der Waals surface area contributed by atoms with Crippen LogP contribution in [0.15, 0.2) is 91.0 Å². The minimum Gasteiger partial charge on any atom is -0.351 e. The van der Waals surface area contributed by atoms with Crippen molar-refractivity contribution in [1.82, 2.24) is 19.4 Å². The Morgan fingerprint density at radius 1 is 0.591 bits per heavy atom. The lowest BCUT2D eigenvalue weighted by atomic mass is 10.0. The van der Waals surface area contributed by atoms with Gasteiger partial charge >= 0.3 is 0 Å². The third-order valence-corrected chi connectivity index (χ3v) is 9.32. The quantitative estimate of drug-likeness (QED) is 0.211. The molecule has 0 amide bonds. The van der Waals surface area contributed by atoms with Crippen molar-refractivity contribution in [2.75, 3.05) is 11.4 Å². The Kier molecular flexibility index (Phi) is 6.23. The Bertz CT molecular complexity index is 2210. The van der Waals surface area contributed by atoms with Gasteiger partial charge in [-0.05, 0) is 98.7 Å². The molecule has 0 unspecified atom stereocenters. The maximum Gasteiger partial charge on any atom is 0.117 e. The summed E-state index contributed by atoms with van der Waals surface area (Å²) < 4.78 is 2.47. The van der Waals surface area contributed by atoms with Crippen molar-refractivity contribution < 1.29 is 0 Å². The third-order valence-electron chi connectivity index (χ3n) is 9.32. The van der Waals surface area contributed by atoms with Crippen LogP contribution in [-0.2, 0) is 13.0 Å². The molecule has 0 saturated heterocycles. The van der Waals surface area contributed by atoms with Gasteiger partial charge in [-0.3, -0.25) is 4.40 Å². The van der Waals surface area contributed by atoms with Gasteiger partial charge in [-0.15, -0.1) is 0 Å². The van der Waals surface area contributed by atoms with Gasteiger partial charge in [0.2, 0.25) is 0 Å². The van der Waals surface area contributed by atoms with E-state index >= 15 is 0 Å². The molecule has 216 valence electrons. The van der Waals surface area contributed by atoms with Crippen molar-refractivity contribution in [2.45, 2.75) is 47.1 Å². The SMILES string of the molecule is Cc1cc2nc(CN3CCCc4cc5c(-c6ccccc6)nc6cc(C)c(C)cc6n5c43)c(-c3ccccc3)nc2cc1C. The zero-order valence-electron chi connectivity index (χ0n) is 25.7. The molecule has 0 spiro atoms. The molecule has 0 fully saturated rings. The molecule has 0 aliphatic carbocycles. The second kappa shape index (κ2) is 10.3. The molecule has 0 atom stereocenters. The fraction of sp³-hybridized carbons (Fsp3) is 0.205. The summed E-state index contributed by atoms with van der Waals surface area (Å²) >= 11 is 0. The van der Waals surface area contributed by atoms with E-state index in [1.54, 1.807) is 0 Å². The first kappa shape index (κ1) is 26.6. The summed E-state index contributed by atoms with van der Waals surface area (Å²) in [6.45, 7) is 10.3. The lowest BCUT2D eigenvalue weighted by Gasteiger charge is -2.30. The first-order valence-electron chi connectivity index (χ1n) is 15.5. The van der Waals surface area contributed by atoms with Crippen LogP contribution in [0.4, 0.5) is 5.82 Å². The van der Waals surface area contributed by atoms with E-state index in [4.69, 9.17) is 15.0 Å². The number of rotatable bonds is 4. The zero-order chi connectivity index (χ0) is 29.9. The molecule has 5 nitrogen and oxygen atoms in total. The average Bonchev–Trinajstić information content (AvgIpc) is 3.44. The molecule has 3 aromatic heterocycles. The van der Waals surface area contributed by atoms with E-state index in [9.17, 15) is 0 Å². The van der Waals surface area contributed by atoms with Crippen LogP contribution in [0.1, 0.15) is 39.9 Å². The fourth-order valence-corrected chi connectivity index (χ4v) is 6.73. The zero-order valence-corrected chi connectivity index (χ0v) is 25.7. The number of fused-ring (bicyclic) bond motifs is 6. The van der Waals surface area contributed by atoms with E-state index in [1.165, 1.54) is 33.6 Å². The van der Waals surface area contributed by atoms with Crippen molar-refractivity contribution in [3.8, 4) is 22.5 Å². The van der Waals surface area contributed by atoms with Gasteiger partial charge in [0.25, 0.3) is 0 Å². The van der Waals surface area contributed by atoms with Crippen LogP contribution in [0.2, 0.25) is 0 Å². The van der Waals surface area contributed by atoms with Crippen LogP contribution in [0, 0.1) is 27.7 Å². The molecule has 1 aliphatic heterocycles. The summed E-state index contributed by atoms with van der Waals surface area (Å²) in [4.78, 5) is 18.3. The first-order chi connectivity index (χ1) is 21.4. The van der Waals surface area contributed by atoms with Gasteiger partial charge in [0, 0.05) is 17.7 Å². The molecule has 0 bridgehead atoms. The Hall–Kier alpha value is -5.03. The van der Waals surface area contributed by atoms with Crippen molar-refractivity contribution in [3.63, 3.8) is 0 Å². The molecule has 4 heterocycles. The molecule has 5 heteroatoms. The van der Waals surface area contributed by atoms with Gasteiger partial charge in [0.15, 0.2) is 0 Å². The number of hydrogen-bond acceptors (Lipinski definition) is 4. The van der Waals surface area contributed by atoms with Gasteiger partial charge < -0.3 is 4.90 Å². The van der Waals surface area contributed by atoms with E-state index in [0.29, 0.717) is 6.54 Å². The molecule has 44 heavy (non-hydrogen) atoms. The fourth-order valence-electron chi connectivity index (χ4n) is 6.73. The summed E-state index contributed by atoms with van der Waals surface area (Å²) in [7, 11) is 0. The maximum absolute atomic E-state index is 5.31. The summed E-state index contributed by atoms with van der Waals surface area (Å²) in [6.07, 6.45) is 2.13. The Labute approximate surface area is 257 Å². The second-order valence-electron chi connectivity index (χ2n) is 12.3. The number of anilines is 1. The van der Waals surface area contributed by atoms with E-state index in [1.807, 2.05) is 0 Å². The third kappa shape index (κ3) is 4.34. The molecular weight excluding hydrogens is 538 g/mol. The molecule has 1 aliphatic rings. The van der Waals surface area contributed by atoms with E-state index in [2.05, 4.69) is 128 Å². The minimum absolute atomic E-state index is 0.675. The average molecular weight is 574 g/mol. The van der Waals surface area contributed by atoms with Crippen LogP contribution in [0.3, 0.4) is 0 Å². The van der Waals surface area contributed by atoms with Crippen LogP contribution in [-0.4, -0.2) is 25.9 Å². The van der Waals surface area contributed by atoms with E-state index in [-0.39, 0.29) is 0 Å². The largest absolute Gasteiger partial charge is 0.351 e. The number of hydrogen-bond donors (Lipinski definition) is 0. The highest BCUT2D eigenvalue weighted by molar-refractivity contribution is 5.92. The monoisotopic (exact) mass is 573 g/mol. The molecule has 0 saturated carbocycles. The lowest BCUT2D eigenvalue weighted by molar-refractivity contribution is 0.674. The predicted molar refractivity (Wildman–Crippen MR) is 181 cm³/mol. The highest BCUT2D eigenvalue weighted by Gasteiger charge is 2.27. The van der Waals surface area contributed by atoms with Crippen LogP contribution >= 0.6 is 0 Å². The molecular formula is C39H35N5. The maximum atomic E-state index is 5.31. The summed E-state index contributed by atoms with van der Waals surface area (Å²) in [5.41, 5.74) is 16.8. The van der Waals surface area contributed by atoms with Crippen molar-refractivity contribution >= 4 is 33.4 Å². The standard InChI is InChI=1S/C39H35N5/c1-24-18-31-32(19-25(24)2)41-37(28-12-7-5-8-13-28)34(40-31)23-43-17-11-16-30-22-36-38(29-14-9-6-10-15-29)42-33-20-26(3)27(4)21-35(33)44(36)39(30)43/h5-10,12-15,18-22H,11,16-17,23H2,1-4H3. The molecule has 4 aromatic carbocycles. The van der Waals surface area contributed by atoms with Crippen molar-refractivity contribution in [1.29, 1.82) is 0 Å². The second-order valence-corrected chi connectivity index (χ2v) is 12.3. The van der Waals surface area contributed by atoms with Gasteiger partial charge in [-0.25, -0.2) is 15.0 Å². The predicted octanol–water partition coefficient (Wildman–Crippen LogP) is 8.95. The first-order valence-corrected chi connectivity index (χ1v) is 15.5. The van der Waals surface area contributed by atoms with Gasteiger partial charge in [-0.1, -0.05) is 60.7 Å². The van der Waals surface area contributed by atoms with Gasteiger partial charge in [-0.2, -0.15) is 0 Å².